The van der Waals surface area contributed by atoms with Gasteiger partial charge in [0.1, 0.15) is 13.2 Å². The summed E-state index contributed by atoms with van der Waals surface area (Å²) in [7, 11) is 0. The van der Waals surface area contributed by atoms with Crippen LogP contribution in [0.15, 0.2) is 85.1 Å². The van der Waals surface area contributed by atoms with Crippen molar-refractivity contribution in [3.05, 3.63) is 85.1 Å². The number of esters is 3. The molecule has 0 aromatic heterocycles. The molecule has 0 radical (unpaired) electrons. The number of hydrogen-bond donors (Lipinski definition) is 0. The SMILES string of the molecule is CCCCC/C=C\C/C=C\C/C=C\CCCCC(=O)OC[C@H](COC(=O)CCCCCCC/C=C\CCCCCCCC)OC(=O)CCCC/C=C\C/C=C\C/C=C\CCCCC. The Balaban J connectivity index is 4.53. The first kappa shape index (κ1) is 59.6. The van der Waals surface area contributed by atoms with Gasteiger partial charge in [0, 0.05) is 19.3 Å². The van der Waals surface area contributed by atoms with Crippen molar-refractivity contribution in [1.29, 1.82) is 0 Å². The van der Waals surface area contributed by atoms with Crippen LogP contribution in [-0.4, -0.2) is 37.2 Å². The predicted molar refractivity (Wildman–Crippen MR) is 270 cm³/mol. The molecule has 0 aromatic rings. The smallest absolute Gasteiger partial charge is 0.306 e. The molecule has 0 fully saturated rings. The highest BCUT2D eigenvalue weighted by molar-refractivity contribution is 5.71. The minimum Gasteiger partial charge on any atom is -0.462 e. The van der Waals surface area contributed by atoms with Gasteiger partial charge in [-0.15, -0.1) is 0 Å². The Morgan fingerprint density at radius 3 is 0.968 bits per heavy atom. The van der Waals surface area contributed by atoms with Crippen molar-refractivity contribution in [2.75, 3.05) is 13.2 Å². The van der Waals surface area contributed by atoms with E-state index in [1.165, 1.54) is 103 Å². The molecule has 360 valence electrons. The number of unbranched alkanes of at least 4 members (excludes halogenated alkanes) is 21. The fraction of sp³-hybridized carbons (Fsp3) is 0.702. The molecule has 0 spiro atoms. The molecule has 0 aromatic carbocycles. The van der Waals surface area contributed by atoms with Gasteiger partial charge in [-0.05, 0) is 122 Å². The summed E-state index contributed by atoms with van der Waals surface area (Å²) in [5.74, 6) is -0.996. The second-order valence-corrected chi connectivity index (χ2v) is 17.1. The number of allylic oxidation sites excluding steroid dienone is 14. The lowest BCUT2D eigenvalue weighted by atomic mass is 10.1. The van der Waals surface area contributed by atoms with Gasteiger partial charge in [0.2, 0.25) is 0 Å². The Morgan fingerprint density at radius 2 is 0.571 bits per heavy atom. The molecule has 0 unspecified atom stereocenters. The van der Waals surface area contributed by atoms with Crippen LogP contribution in [0, 0.1) is 0 Å². The van der Waals surface area contributed by atoms with E-state index < -0.39 is 6.10 Å². The summed E-state index contributed by atoms with van der Waals surface area (Å²) >= 11 is 0. The van der Waals surface area contributed by atoms with E-state index in [9.17, 15) is 14.4 Å². The van der Waals surface area contributed by atoms with Crippen molar-refractivity contribution in [3.8, 4) is 0 Å². The molecule has 0 aliphatic carbocycles. The highest BCUT2D eigenvalue weighted by atomic mass is 16.6. The van der Waals surface area contributed by atoms with E-state index in [0.29, 0.717) is 19.3 Å². The van der Waals surface area contributed by atoms with Crippen LogP contribution >= 0.6 is 0 Å². The largest absolute Gasteiger partial charge is 0.462 e. The maximum Gasteiger partial charge on any atom is 0.306 e. The van der Waals surface area contributed by atoms with Crippen LogP contribution in [0.4, 0.5) is 0 Å². The number of ether oxygens (including phenoxy) is 3. The third-order valence-electron chi connectivity index (χ3n) is 10.8. The Labute approximate surface area is 388 Å². The Bertz CT molecular complexity index is 1240. The Kier molecular flexibility index (Phi) is 48.5. The summed E-state index contributed by atoms with van der Waals surface area (Å²) in [6, 6.07) is 0. The molecule has 63 heavy (non-hydrogen) atoms. The van der Waals surface area contributed by atoms with Gasteiger partial charge in [0.25, 0.3) is 0 Å². The molecule has 0 aliphatic heterocycles. The lowest BCUT2D eigenvalue weighted by Crippen LogP contribution is -2.30. The van der Waals surface area contributed by atoms with E-state index in [1.807, 2.05) is 0 Å². The normalized spacial score (nSPS) is 12.7. The zero-order valence-electron chi connectivity index (χ0n) is 41.1. The lowest BCUT2D eigenvalue weighted by Gasteiger charge is -2.18. The second kappa shape index (κ2) is 51.2. The molecule has 0 saturated carbocycles. The van der Waals surface area contributed by atoms with Gasteiger partial charge in [-0.1, -0.05) is 183 Å². The number of rotatable bonds is 46. The zero-order valence-corrected chi connectivity index (χ0v) is 41.1. The zero-order chi connectivity index (χ0) is 45.8. The minimum absolute atomic E-state index is 0.109. The highest BCUT2D eigenvalue weighted by Gasteiger charge is 2.19. The van der Waals surface area contributed by atoms with Gasteiger partial charge in [-0.2, -0.15) is 0 Å². The molecular weight excluding hydrogens is 781 g/mol. The van der Waals surface area contributed by atoms with Crippen LogP contribution in [0.2, 0.25) is 0 Å². The first-order valence-corrected chi connectivity index (χ1v) is 26.1. The second-order valence-electron chi connectivity index (χ2n) is 17.1. The monoisotopic (exact) mass is 877 g/mol. The lowest BCUT2D eigenvalue weighted by molar-refractivity contribution is -0.167. The summed E-state index contributed by atoms with van der Waals surface area (Å²) in [6.07, 6.45) is 65.6. The van der Waals surface area contributed by atoms with Crippen molar-refractivity contribution in [2.45, 2.75) is 245 Å². The summed E-state index contributed by atoms with van der Waals surface area (Å²) in [6.45, 7) is 6.50. The van der Waals surface area contributed by atoms with Gasteiger partial charge in [-0.25, -0.2) is 0 Å². The van der Waals surface area contributed by atoms with E-state index in [4.69, 9.17) is 14.2 Å². The molecule has 0 bridgehead atoms. The topological polar surface area (TPSA) is 78.9 Å². The number of carbonyl (C=O) groups excluding carboxylic acids is 3. The molecule has 0 saturated heterocycles. The van der Waals surface area contributed by atoms with Gasteiger partial charge in [0.05, 0.1) is 0 Å². The number of carbonyl (C=O) groups is 3. The maximum absolute atomic E-state index is 12.8. The predicted octanol–water partition coefficient (Wildman–Crippen LogP) is 17.2. The molecule has 0 rings (SSSR count). The minimum atomic E-state index is -0.815. The van der Waals surface area contributed by atoms with Crippen LogP contribution in [0.3, 0.4) is 0 Å². The summed E-state index contributed by atoms with van der Waals surface area (Å²) < 4.78 is 16.7. The van der Waals surface area contributed by atoms with Crippen LogP contribution in [0.1, 0.15) is 239 Å². The molecule has 1 atom stereocenters. The molecule has 0 aliphatic rings. The Morgan fingerprint density at radius 1 is 0.317 bits per heavy atom. The molecule has 0 amide bonds. The van der Waals surface area contributed by atoms with Gasteiger partial charge < -0.3 is 14.2 Å². The van der Waals surface area contributed by atoms with Crippen LogP contribution in [0.5, 0.6) is 0 Å². The quantitative estimate of drug-likeness (QED) is 0.0262. The van der Waals surface area contributed by atoms with Crippen LogP contribution in [-0.2, 0) is 28.6 Å². The fourth-order valence-electron chi connectivity index (χ4n) is 6.86. The van der Waals surface area contributed by atoms with E-state index in [-0.39, 0.29) is 37.5 Å². The van der Waals surface area contributed by atoms with Crippen LogP contribution in [0.25, 0.3) is 0 Å². The molecular formula is C57H96O6. The first-order chi connectivity index (χ1) is 31.0. The third kappa shape index (κ3) is 49.5. The summed E-state index contributed by atoms with van der Waals surface area (Å²) in [5, 5.41) is 0. The van der Waals surface area contributed by atoms with Crippen LogP contribution < -0.4 is 0 Å². The molecule has 0 N–H and O–H groups in total. The maximum atomic E-state index is 12.8. The van der Waals surface area contributed by atoms with Crippen molar-refractivity contribution in [3.63, 3.8) is 0 Å². The van der Waals surface area contributed by atoms with Crippen molar-refractivity contribution in [1.82, 2.24) is 0 Å². The van der Waals surface area contributed by atoms with Gasteiger partial charge in [0.15, 0.2) is 6.10 Å². The van der Waals surface area contributed by atoms with Crippen molar-refractivity contribution >= 4 is 17.9 Å². The van der Waals surface area contributed by atoms with Crippen molar-refractivity contribution in [2.24, 2.45) is 0 Å². The first-order valence-electron chi connectivity index (χ1n) is 26.1. The number of hydrogen-bond acceptors (Lipinski definition) is 6. The summed E-state index contributed by atoms with van der Waals surface area (Å²) in [5.41, 5.74) is 0. The Hall–Kier alpha value is -3.41. The summed E-state index contributed by atoms with van der Waals surface area (Å²) in [4.78, 5) is 38.0. The third-order valence-corrected chi connectivity index (χ3v) is 10.8. The van der Waals surface area contributed by atoms with Gasteiger partial charge >= 0.3 is 17.9 Å². The van der Waals surface area contributed by atoms with Crippen molar-refractivity contribution < 1.29 is 28.6 Å². The van der Waals surface area contributed by atoms with E-state index >= 15 is 0 Å². The average Bonchev–Trinajstić information content (AvgIpc) is 3.28. The molecule has 6 nitrogen and oxygen atoms in total. The molecule has 6 heteroatoms. The fourth-order valence-corrected chi connectivity index (χ4v) is 6.86. The standard InChI is InChI=1S/C57H96O6/c1-4-7-10-13-16-19-22-25-28-31-34-37-40-43-46-49-55(58)61-52-54(63-57(60)51-48-45-42-39-36-33-30-27-24-21-18-15-12-9-6-3)53-62-56(59)50-47-44-41-38-35-32-29-26-23-20-17-14-11-8-5-2/h16,18-19,21,25-30,34,36-37,39,54H,4-15,17,20,22-24,31-33,35,38,40-53H2,1-3H3/b19-16-,21-18-,28-25-,29-26-,30-27-,37-34-,39-36-/t54-/m1/s1. The molecule has 0 heterocycles. The van der Waals surface area contributed by atoms with E-state index in [1.54, 1.807) is 0 Å². The average molecular weight is 877 g/mol. The highest BCUT2D eigenvalue weighted by Crippen LogP contribution is 2.12. The van der Waals surface area contributed by atoms with E-state index in [2.05, 4.69) is 106 Å². The van der Waals surface area contributed by atoms with E-state index in [0.717, 1.165) is 89.9 Å². The van der Waals surface area contributed by atoms with Gasteiger partial charge in [-0.3, -0.25) is 14.4 Å².